The number of nitrogens with zero attached hydrogens (tertiary/aromatic N) is 3. The van der Waals surface area contributed by atoms with Crippen LogP contribution in [0.2, 0.25) is 5.02 Å². The Hall–Kier alpha value is -2.18. The Labute approximate surface area is 139 Å². The molecule has 0 aliphatic rings. The third-order valence-electron chi connectivity index (χ3n) is 2.76. The number of oxazole rings is 1. The number of benzene rings is 1. The number of hydrogen-bond donors (Lipinski definition) is 1. The van der Waals surface area contributed by atoms with Gasteiger partial charge in [-0.15, -0.1) is 0 Å². The highest BCUT2D eigenvalue weighted by atomic mass is 79.9. The van der Waals surface area contributed by atoms with Crippen LogP contribution >= 0.6 is 27.5 Å². The predicted molar refractivity (Wildman–Crippen MR) is 87.8 cm³/mol. The minimum atomic E-state index is -0.300. The zero-order chi connectivity index (χ0) is 15.5. The number of aliphatic imine (C=N–C) groups is 1. The molecule has 0 fully saturated rings. The molecule has 0 saturated carbocycles. The Balaban J connectivity index is 1.86. The Morgan fingerprint density at radius 3 is 2.64 bits per heavy atom. The maximum Gasteiger partial charge on any atom is 0.312 e. The highest BCUT2D eigenvalue weighted by Crippen LogP contribution is 2.26. The fourth-order valence-corrected chi connectivity index (χ4v) is 2.06. The highest BCUT2D eigenvalue weighted by Gasteiger charge is 2.12. The number of hydrogen-bond acceptors (Lipinski definition) is 5. The topological polar surface area (TPSA) is 71.5 Å². The van der Waals surface area contributed by atoms with Gasteiger partial charge in [-0.1, -0.05) is 11.6 Å². The third kappa shape index (κ3) is 3.35. The number of aromatic hydroxyl groups is 1. The van der Waals surface area contributed by atoms with Crippen LogP contribution in [-0.2, 0) is 0 Å². The van der Waals surface area contributed by atoms with E-state index in [1.165, 1.54) is 6.21 Å². The minimum Gasteiger partial charge on any atom is -0.479 e. The fraction of sp³-hybridized carbons (Fsp3) is 0. The van der Waals surface area contributed by atoms with Crippen molar-refractivity contribution >= 4 is 39.6 Å². The first-order valence-corrected chi connectivity index (χ1v) is 7.40. The molecule has 0 bridgehead atoms. The first-order valence-electron chi connectivity index (χ1n) is 6.23. The van der Waals surface area contributed by atoms with E-state index in [1.54, 1.807) is 36.5 Å². The van der Waals surface area contributed by atoms with Crippen LogP contribution in [0, 0.1) is 0 Å². The molecule has 1 N–H and O–H groups in total. The zero-order valence-corrected chi connectivity index (χ0v) is 13.4. The van der Waals surface area contributed by atoms with Gasteiger partial charge < -0.3 is 9.52 Å². The van der Waals surface area contributed by atoms with Crippen molar-refractivity contribution in [3.8, 4) is 17.4 Å². The molecule has 0 aliphatic carbocycles. The second kappa shape index (κ2) is 6.29. The summed E-state index contributed by atoms with van der Waals surface area (Å²) < 4.78 is 6.09. The quantitative estimate of drug-likeness (QED) is 0.676. The van der Waals surface area contributed by atoms with Crippen molar-refractivity contribution in [3.05, 3.63) is 57.8 Å². The van der Waals surface area contributed by atoms with Gasteiger partial charge in [-0.2, -0.15) is 0 Å². The maximum atomic E-state index is 9.80. The Morgan fingerprint density at radius 2 is 1.95 bits per heavy atom. The molecule has 0 spiro atoms. The van der Waals surface area contributed by atoms with Gasteiger partial charge in [0.2, 0.25) is 5.89 Å². The van der Waals surface area contributed by atoms with Gasteiger partial charge in [0.25, 0.3) is 0 Å². The van der Waals surface area contributed by atoms with Gasteiger partial charge in [0.1, 0.15) is 0 Å². The van der Waals surface area contributed by atoms with E-state index in [0.717, 1.165) is 4.47 Å². The smallest absolute Gasteiger partial charge is 0.312 e. The first-order chi connectivity index (χ1) is 10.6. The van der Waals surface area contributed by atoms with Crippen LogP contribution in [0.5, 0.6) is 5.95 Å². The minimum absolute atomic E-state index is 0.231. The lowest BCUT2D eigenvalue weighted by atomic mass is 10.2. The molecule has 2 aromatic heterocycles. The molecule has 3 aromatic rings. The number of aromatic nitrogens is 2. The number of rotatable bonds is 3. The summed E-state index contributed by atoms with van der Waals surface area (Å²) in [7, 11) is 0. The van der Waals surface area contributed by atoms with Crippen LogP contribution in [0.1, 0.15) is 5.69 Å². The summed E-state index contributed by atoms with van der Waals surface area (Å²) in [5.74, 6) is 0.490. The van der Waals surface area contributed by atoms with Crippen LogP contribution in [-0.4, -0.2) is 21.3 Å². The Kier molecular flexibility index (Phi) is 4.22. The van der Waals surface area contributed by atoms with Crippen LogP contribution in [0.3, 0.4) is 0 Å². The van der Waals surface area contributed by atoms with E-state index in [-0.39, 0.29) is 11.6 Å². The molecule has 0 radical (unpaired) electrons. The monoisotopic (exact) mass is 377 g/mol. The molecule has 2 heterocycles. The molecular weight excluding hydrogens is 370 g/mol. The summed E-state index contributed by atoms with van der Waals surface area (Å²) in [5.41, 5.74) is 0.941. The summed E-state index contributed by atoms with van der Waals surface area (Å²) >= 11 is 9.13. The first kappa shape index (κ1) is 14.7. The van der Waals surface area contributed by atoms with Crippen molar-refractivity contribution in [1.82, 2.24) is 9.97 Å². The van der Waals surface area contributed by atoms with E-state index in [2.05, 4.69) is 30.9 Å². The van der Waals surface area contributed by atoms with Gasteiger partial charge in [0.15, 0.2) is 11.5 Å². The molecule has 0 amide bonds. The summed E-state index contributed by atoms with van der Waals surface area (Å²) in [4.78, 5) is 12.4. The fourth-order valence-electron chi connectivity index (χ4n) is 1.70. The molecule has 0 unspecified atom stereocenters. The van der Waals surface area contributed by atoms with Crippen molar-refractivity contribution in [2.75, 3.05) is 0 Å². The van der Waals surface area contributed by atoms with Crippen molar-refractivity contribution in [2.24, 2.45) is 4.99 Å². The van der Waals surface area contributed by atoms with E-state index in [9.17, 15) is 5.11 Å². The zero-order valence-electron chi connectivity index (χ0n) is 11.1. The molecule has 5 nitrogen and oxygen atoms in total. The van der Waals surface area contributed by atoms with E-state index in [1.807, 2.05) is 6.07 Å². The second-order valence-electron chi connectivity index (χ2n) is 4.31. The molecule has 1 aromatic carbocycles. The SMILES string of the molecule is Oc1oc(-c2ccc(Cl)cc2)nc1C=Nc1ccc(Br)cn1. The van der Waals surface area contributed by atoms with Gasteiger partial charge in [-0.3, -0.25) is 0 Å². The average molecular weight is 379 g/mol. The van der Waals surface area contributed by atoms with Crippen LogP contribution in [0.4, 0.5) is 5.82 Å². The molecule has 110 valence electrons. The van der Waals surface area contributed by atoms with Crippen molar-refractivity contribution < 1.29 is 9.52 Å². The molecule has 3 rings (SSSR count). The predicted octanol–water partition coefficient (Wildman–Crippen LogP) is 4.61. The van der Waals surface area contributed by atoms with E-state index in [4.69, 9.17) is 16.0 Å². The summed E-state index contributed by atoms with van der Waals surface area (Å²) in [6.07, 6.45) is 3.03. The Bertz CT molecular complexity index is 814. The molecule has 0 saturated heterocycles. The summed E-state index contributed by atoms with van der Waals surface area (Å²) in [5, 5.41) is 10.4. The molecule has 0 aliphatic heterocycles. The molecule has 0 atom stereocenters. The van der Waals surface area contributed by atoms with Gasteiger partial charge in [-0.25, -0.2) is 15.0 Å². The number of pyridine rings is 1. The normalized spacial score (nSPS) is 11.2. The average Bonchev–Trinajstić information content (AvgIpc) is 2.88. The van der Waals surface area contributed by atoms with E-state index < -0.39 is 0 Å². The third-order valence-corrected chi connectivity index (χ3v) is 3.48. The molecular formula is C15H9BrClN3O2. The summed E-state index contributed by atoms with van der Waals surface area (Å²) in [6, 6.07) is 10.5. The highest BCUT2D eigenvalue weighted by molar-refractivity contribution is 9.10. The molecule has 7 heteroatoms. The lowest BCUT2D eigenvalue weighted by molar-refractivity contribution is 0.337. The van der Waals surface area contributed by atoms with Gasteiger partial charge in [0, 0.05) is 21.3 Å². The van der Waals surface area contributed by atoms with E-state index >= 15 is 0 Å². The molecule has 22 heavy (non-hydrogen) atoms. The Morgan fingerprint density at radius 1 is 1.18 bits per heavy atom. The van der Waals surface area contributed by atoms with Crippen LogP contribution in [0.25, 0.3) is 11.5 Å². The second-order valence-corrected chi connectivity index (χ2v) is 5.66. The lowest BCUT2D eigenvalue weighted by Gasteiger charge is -1.94. The number of halogens is 2. The van der Waals surface area contributed by atoms with E-state index in [0.29, 0.717) is 22.3 Å². The van der Waals surface area contributed by atoms with Crippen LogP contribution in [0.15, 0.2) is 56.5 Å². The largest absolute Gasteiger partial charge is 0.479 e. The van der Waals surface area contributed by atoms with Gasteiger partial charge >= 0.3 is 5.95 Å². The van der Waals surface area contributed by atoms with Crippen molar-refractivity contribution in [3.63, 3.8) is 0 Å². The standard InChI is InChI=1S/C15H9BrClN3O2/c16-10-3-6-13(18-7-10)19-8-12-15(21)22-14(20-12)9-1-4-11(17)5-2-9/h1-8,21H. The van der Waals surface area contributed by atoms with Crippen molar-refractivity contribution in [1.29, 1.82) is 0 Å². The van der Waals surface area contributed by atoms with Gasteiger partial charge in [-0.05, 0) is 52.3 Å². The van der Waals surface area contributed by atoms with Crippen LogP contribution < -0.4 is 0 Å². The van der Waals surface area contributed by atoms with Crippen molar-refractivity contribution in [2.45, 2.75) is 0 Å². The maximum absolute atomic E-state index is 9.80. The summed E-state index contributed by atoms with van der Waals surface area (Å²) in [6.45, 7) is 0. The lowest BCUT2D eigenvalue weighted by Crippen LogP contribution is -1.83. The van der Waals surface area contributed by atoms with Gasteiger partial charge in [0.05, 0.1) is 6.21 Å².